The van der Waals surface area contributed by atoms with Crippen molar-refractivity contribution in [2.45, 2.75) is 25.9 Å². The second kappa shape index (κ2) is 9.49. The Morgan fingerprint density at radius 2 is 1.97 bits per heavy atom. The van der Waals surface area contributed by atoms with Gasteiger partial charge < -0.3 is 14.4 Å². The summed E-state index contributed by atoms with van der Waals surface area (Å²) < 4.78 is 11.2. The molecule has 3 aromatic rings. The van der Waals surface area contributed by atoms with Gasteiger partial charge in [-0.2, -0.15) is 0 Å². The van der Waals surface area contributed by atoms with Crippen LogP contribution in [0.4, 0.5) is 0 Å². The van der Waals surface area contributed by atoms with E-state index < -0.39 is 0 Å². The van der Waals surface area contributed by atoms with E-state index in [1.807, 2.05) is 34.5 Å². The Bertz CT molecular complexity index is 1020. The number of carbonyl (C=O) groups excluding carboxylic acids is 1. The van der Waals surface area contributed by atoms with E-state index in [-0.39, 0.29) is 5.91 Å². The third kappa shape index (κ3) is 4.94. The van der Waals surface area contributed by atoms with Gasteiger partial charge in [0.25, 0.3) is 0 Å². The molecule has 2 aromatic carbocycles. The minimum atomic E-state index is 0.109. The zero-order valence-electron chi connectivity index (χ0n) is 16.8. The number of hydrogen-bond donors (Lipinski definition) is 0. The van der Waals surface area contributed by atoms with Crippen molar-refractivity contribution in [1.29, 1.82) is 0 Å². The molecule has 7 heteroatoms. The zero-order chi connectivity index (χ0) is 20.9. The monoisotopic (exact) mass is 442 g/mol. The van der Waals surface area contributed by atoms with Crippen LogP contribution in [0.3, 0.4) is 0 Å². The third-order valence-corrected chi connectivity index (χ3v) is 6.32. The van der Waals surface area contributed by atoms with Crippen LogP contribution < -0.4 is 9.47 Å². The molecule has 30 heavy (non-hydrogen) atoms. The van der Waals surface area contributed by atoms with Crippen molar-refractivity contribution in [3.8, 4) is 11.5 Å². The molecule has 2 heterocycles. The lowest BCUT2D eigenvalue weighted by Crippen LogP contribution is -2.34. The standard InChI is InChI=1S/C23H23ClN2O3S/c1-28-21-4-2-3-16-9-11-26(12-10-20(16)21)23(27)13-18-15-30-22(25-18)14-29-19-7-5-17(24)6-8-19/h2-8,15H,9-14H2,1H3. The normalized spacial score (nSPS) is 13.5. The summed E-state index contributed by atoms with van der Waals surface area (Å²) in [6.07, 6.45) is 1.96. The first-order valence-corrected chi connectivity index (χ1v) is 11.1. The second-order valence-corrected chi connectivity index (χ2v) is 8.51. The van der Waals surface area contributed by atoms with Gasteiger partial charge in [-0.25, -0.2) is 4.98 Å². The molecule has 0 atom stereocenters. The molecule has 1 aliphatic heterocycles. The first-order chi connectivity index (χ1) is 14.6. The summed E-state index contributed by atoms with van der Waals surface area (Å²) in [6, 6.07) is 13.4. The lowest BCUT2D eigenvalue weighted by molar-refractivity contribution is -0.130. The van der Waals surface area contributed by atoms with Crippen LogP contribution >= 0.6 is 22.9 Å². The van der Waals surface area contributed by atoms with Gasteiger partial charge in [-0.1, -0.05) is 23.7 Å². The second-order valence-electron chi connectivity index (χ2n) is 7.13. The van der Waals surface area contributed by atoms with Crippen molar-refractivity contribution in [3.63, 3.8) is 0 Å². The minimum absolute atomic E-state index is 0.109. The fourth-order valence-corrected chi connectivity index (χ4v) is 4.45. The highest BCUT2D eigenvalue weighted by atomic mass is 35.5. The molecule has 0 fully saturated rings. The number of fused-ring (bicyclic) bond motifs is 1. The van der Waals surface area contributed by atoms with E-state index in [2.05, 4.69) is 11.1 Å². The van der Waals surface area contributed by atoms with Gasteiger partial charge in [-0.3, -0.25) is 4.79 Å². The summed E-state index contributed by atoms with van der Waals surface area (Å²) in [7, 11) is 1.69. The summed E-state index contributed by atoms with van der Waals surface area (Å²) in [4.78, 5) is 19.4. The molecular formula is C23H23ClN2O3S. The fraction of sp³-hybridized carbons (Fsp3) is 0.304. The molecule has 0 saturated carbocycles. The molecular weight excluding hydrogens is 420 g/mol. The van der Waals surface area contributed by atoms with Crippen molar-refractivity contribution in [2.75, 3.05) is 20.2 Å². The van der Waals surface area contributed by atoms with Crippen LogP contribution in [0.25, 0.3) is 0 Å². The van der Waals surface area contributed by atoms with Gasteiger partial charge in [-0.05, 0) is 54.3 Å². The molecule has 1 aliphatic rings. The molecule has 4 rings (SSSR count). The number of nitrogens with zero attached hydrogens (tertiary/aromatic N) is 2. The summed E-state index contributed by atoms with van der Waals surface area (Å²) in [6.45, 7) is 1.79. The lowest BCUT2D eigenvalue weighted by Gasteiger charge is -2.19. The summed E-state index contributed by atoms with van der Waals surface area (Å²) in [5.74, 6) is 1.76. The predicted octanol–water partition coefficient (Wildman–Crippen LogP) is 4.55. The van der Waals surface area contributed by atoms with Crippen LogP contribution in [0.2, 0.25) is 5.02 Å². The van der Waals surface area contributed by atoms with Gasteiger partial charge in [-0.15, -0.1) is 11.3 Å². The Morgan fingerprint density at radius 3 is 2.77 bits per heavy atom. The van der Waals surface area contributed by atoms with Gasteiger partial charge in [0.2, 0.25) is 5.91 Å². The summed E-state index contributed by atoms with van der Waals surface area (Å²) in [5.41, 5.74) is 3.27. The summed E-state index contributed by atoms with van der Waals surface area (Å²) in [5, 5.41) is 3.46. The van der Waals surface area contributed by atoms with Gasteiger partial charge in [0, 0.05) is 23.5 Å². The lowest BCUT2D eigenvalue weighted by atomic mass is 10.0. The number of benzene rings is 2. The number of thiazole rings is 1. The first-order valence-electron chi connectivity index (χ1n) is 9.86. The van der Waals surface area contributed by atoms with Crippen molar-refractivity contribution in [3.05, 3.63) is 74.7 Å². The topological polar surface area (TPSA) is 51.7 Å². The van der Waals surface area contributed by atoms with Gasteiger partial charge in [0.15, 0.2) is 0 Å². The highest BCUT2D eigenvalue weighted by Gasteiger charge is 2.21. The van der Waals surface area contributed by atoms with E-state index in [9.17, 15) is 4.79 Å². The van der Waals surface area contributed by atoms with Crippen molar-refractivity contribution in [2.24, 2.45) is 0 Å². The number of halogens is 1. The number of methoxy groups -OCH3 is 1. The maximum Gasteiger partial charge on any atom is 0.228 e. The molecule has 1 aromatic heterocycles. The largest absolute Gasteiger partial charge is 0.496 e. The van der Waals surface area contributed by atoms with E-state index in [0.29, 0.717) is 24.6 Å². The Balaban J connectivity index is 1.33. The predicted molar refractivity (Wildman–Crippen MR) is 119 cm³/mol. The van der Waals surface area contributed by atoms with E-state index in [1.54, 1.807) is 19.2 Å². The first kappa shape index (κ1) is 20.7. The van der Waals surface area contributed by atoms with Crippen LogP contribution in [-0.2, 0) is 30.7 Å². The number of carbonyl (C=O) groups is 1. The van der Waals surface area contributed by atoms with Gasteiger partial charge >= 0.3 is 0 Å². The number of aromatic nitrogens is 1. The van der Waals surface area contributed by atoms with E-state index >= 15 is 0 Å². The molecule has 1 amide bonds. The summed E-state index contributed by atoms with van der Waals surface area (Å²) >= 11 is 7.40. The highest BCUT2D eigenvalue weighted by Crippen LogP contribution is 2.26. The Morgan fingerprint density at radius 1 is 1.17 bits per heavy atom. The molecule has 0 aliphatic carbocycles. The molecule has 0 bridgehead atoms. The quantitative estimate of drug-likeness (QED) is 0.561. The number of amides is 1. The number of ether oxygens (including phenoxy) is 2. The zero-order valence-corrected chi connectivity index (χ0v) is 18.3. The van der Waals surface area contributed by atoms with E-state index in [4.69, 9.17) is 21.1 Å². The minimum Gasteiger partial charge on any atom is -0.496 e. The smallest absolute Gasteiger partial charge is 0.228 e. The Labute approximate surface area is 185 Å². The van der Waals surface area contributed by atoms with Crippen molar-refractivity contribution < 1.29 is 14.3 Å². The molecule has 5 nitrogen and oxygen atoms in total. The fourth-order valence-electron chi connectivity index (χ4n) is 3.62. The van der Waals surface area contributed by atoms with Crippen molar-refractivity contribution >= 4 is 28.8 Å². The number of rotatable bonds is 6. The average molecular weight is 443 g/mol. The Kier molecular flexibility index (Phi) is 6.55. The Hall–Kier alpha value is -2.57. The maximum atomic E-state index is 12.9. The van der Waals surface area contributed by atoms with Crippen LogP contribution in [-0.4, -0.2) is 36.0 Å². The molecule has 156 valence electrons. The molecule has 0 radical (unpaired) electrons. The van der Waals surface area contributed by atoms with Crippen LogP contribution in [0.15, 0.2) is 47.8 Å². The maximum absolute atomic E-state index is 12.9. The SMILES string of the molecule is COc1cccc2c1CCN(C(=O)Cc1csc(COc3ccc(Cl)cc3)n1)CC2. The average Bonchev–Trinajstić information content (AvgIpc) is 3.08. The van der Waals surface area contributed by atoms with Gasteiger partial charge in [0.05, 0.1) is 19.2 Å². The molecule has 0 unspecified atom stereocenters. The van der Waals surface area contributed by atoms with Crippen LogP contribution in [0, 0.1) is 0 Å². The molecule has 0 spiro atoms. The number of hydrogen-bond acceptors (Lipinski definition) is 5. The highest BCUT2D eigenvalue weighted by molar-refractivity contribution is 7.09. The third-order valence-electron chi connectivity index (χ3n) is 5.19. The van der Waals surface area contributed by atoms with Crippen molar-refractivity contribution in [1.82, 2.24) is 9.88 Å². The van der Waals surface area contributed by atoms with Crippen LogP contribution in [0.1, 0.15) is 21.8 Å². The van der Waals surface area contributed by atoms with Crippen LogP contribution in [0.5, 0.6) is 11.5 Å². The molecule has 0 N–H and O–H groups in total. The van der Waals surface area contributed by atoms with E-state index in [1.165, 1.54) is 22.5 Å². The molecule has 0 saturated heterocycles. The van der Waals surface area contributed by atoms with E-state index in [0.717, 1.165) is 41.6 Å². The van der Waals surface area contributed by atoms with Gasteiger partial charge in [0.1, 0.15) is 23.1 Å².